The normalized spacial score (nSPS) is 16.8. The number of hydrogen-bond donors (Lipinski definition) is 2. The first-order valence-electron chi connectivity index (χ1n) is 14.1. The summed E-state index contributed by atoms with van der Waals surface area (Å²) in [5.41, 5.74) is 3.59. The van der Waals surface area contributed by atoms with Gasteiger partial charge in [-0.15, -0.1) is 0 Å². The van der Waals surface area contributed by atoms with Crippen molar-refractivity contribution in [2.24, 2.45) is 0 Å². The maximum absolute atomic E-state index is 11.7. The van der Waals surface area contributed by atoms with E-state index in [2.05, 4.69) is 4.98 Å². The van der Waals surface area contributed by atoms with Crippen LogP contribution in [-0.2, 0) is 22.7 Å². The number of methoxy groups -OCH3 is 1. The first-order chi connectivity index (χ1) is 20.5. The molecule has 9 heteroatoms. The van der Waals surface area contributed by atoms with E-state index in [0.29, 0.717) is 39.4 Å². The van der Waals surface area contributed by atoms with Crippen molar-refractivity contribution in [3.63, 3.8) is 0 Å². The van der Waals surface area contributed by atoms with Gasteiger partial charge < -0.3 is 33.9 Å². The van der Waals surface area contributed by atoms with Gasteiger partial charge in [-0.05, 0) is 53.3 Å². The number of aromatic amines is 1. The molecule has 2 N–H and O–H groups in total. The number of benzene rings is 3. The van der Waals surface area contributed by atoms with E-state index < -0.39 is 6.09 Å². The number of fused-ring (bicyclic) bond motifs is 1. The molecule has 2 atom stereocenters. The summed E-state index contributed by atoms with van der Waals surface area (Å²) in [4.78, 5) is 27.7. The minimum atomic E-state index is -0.944. The molecule has 220 valence electrons. The lowest BCUT2D eigenvalue weighted by Crippen LogP contribution is -2.46. The summed E-state index contributed by atoms with van der Waals surface area (Å²) < 4.78 is 23.4. The zero-order valence-electron chi connectivity index (χ0n) is 23.7. The van der Waals surface area contributed by atoms with E-state index in [-0.39, 0.29) is 24.1 Å². The Bertz CT molecular complexity index is 1540. The van der Waals surface area contributed by atoms with Gasteiger partial charge in [-0.3, -0.25) is 4.79 Å². The van der Waals surface area contributed by atoms with Gasteiger partial charge in [-0.1, -0.05) is 42.5 Å². The van der Waals surface area contributed by atoms with Crippen LogP contribution in [0.15, 0.2) is 83.7 Å². The summed E-state index contributed by atoms with van der Waals surface area (Å²) in [6.45, 7) is 2.64. The number of nitrogens with zero attached hydrogens (tertiary/aromatic N) is 1. The first kappa shape index (κ1) is 29.2. The molecule has 1 fully saturated rings. The van der Waals surface area contributed by atoms with E-state index in [0.717, 1.165) is 45.5 Å². The predicted octanol–water partition coefficient (Wildman–Crippen LogP) is 5.58. The van der Waals surface area contributed by atoms with Crippen molar-refractivity contribution < 1.29 is 28.8 Å². The van der Waals surface area contributed by atoms with Crippen LogP contribution in [0.4, 0.5) is 4.79 Å². The van der Waals surface area contributed by atoms with Crippen LogP contribution in [0.2, 0.25) is 0 Å². The lowest BCUT2D eigenvalue weighted by molar-refractivity contribution is -0.0199. The topological polar surface area (TPSA) is 110 Å². The van der Waals surface area contributed by atoms with Gasteiger partial charge >= 0.3 is 6.09 Å². The van der Waals surface area contributed by atoms with E-state index in [9.17, 15) is 14.7 Å². The second kappa shape index (κ2) is 14.0. The van der Waals surface area contributed by atoms with Crippen LogP contribution >= 0.6 is 0 Å². The summed E-state index contributed by atoms with van der Waals surface area (Å²) in [5, 5.41) is 10.5. The van der Waals surface area contributed by atoms with Crippen LogP contribution in [0.1, 0.15) is 35.4 Å². The molecule has 1 aliphatic rings. The van der Waals surface area contributed by atoms with Crippen molar-refractivity contribution in [3.05, 3.63) is 106 Å². The Hall–Kier alpha value is -4.34. The van der Waals surface area contributed by atoms with Crippen LogP contribution in [0.3, 0.4) is 0 Å². The number of carbonyl (C=O) groups is 1. The molecule has 1 saturated heterocycles. The van der Waals surface area contributed by atoms with Gasteiger partial charge in [0.2, 0.25) is 5.56 Å². The maximum Gasteiger partial charge on any atom is 0.407 e. The second-order valence-corrected chi connectivity index (χ2v) is 10.4. The van der Waals surface area contributed by atoms with Crippen LogP contribution in [0.5, 0.6) is 11.5 Å². The van der Waals surface area contributed by atoms with E-state index >= 15 is 0 Å². The first-order valence-corrected chi connectivity index (χ1v) is 14.1. The molecule has 0 bridgehead atoms. The van der Waals surface area contributed by atoms with Crippen LogP contribution in [0, 0.1) is 0 Å². The fourth-order valence-electron chi connectivity index (χ4n) is 5.30. The third-order valence-corrected chi connectivity index (χ3v) is 7.54. The molecule has 0 radical (unpaired) electrons. The van der Waals surface area contributed by atoms with E-state index in [1.165, 1.54) is 11.0 Å². The minimum Gasteiger partial charge on any atom is -0.496 e. The summed E-state index contributed by atoms with van der Waals surface area (Å²) in [7, 11) is 1.65. The Morgan fingerprint density at radius 1 is 1.00 bits per heavy atom. The number of likely N-dealkylation sites (tertiary alicyclic amines) is 1. The quantitative estimate of drug-likeness (QED) is 0.213. The molecule has 0 saturated carbocycles. The molecule has 42 heavy (non-hydrogen) atoms. The summed E-state index contributed by atoms with van der Waals surface area (Å²) in [6.07, 6.45) is 0.156. The maximum atomic E-state index is 11.7. The summed E-state index contributed by atoms with van der Waals surface area (Å²) >= 11 is 0. The van der Waals surface area contributed by atoms with Gasteiger partial charge in [-0.2, -0.15) is 0 Å². The fraction of sp³-hybridized carbons (Fsp3) is 0.333. The van der Waals surface area contributed by atoms with Gasteiger partial charge in [-0.25, -0.2) is 4.79 Å². The zero-order valence-corrected chi connectivity index (χ0v) is 23.7. The number of H-pyrrole nitrogens is 1. The molecule has 2 heterocycles. The third-order valence-electron chi connectivity index (χ3n) is 7.54. The van der Waals surface area contributed by atoms with Crippen molar-refractivity contribution in [3.8, 4) is 11.5 Å². The highest BCUT2D eigenvalue weighted by Crippen LogP contribution is 2.32. The van der Waals surface area contributed by atoms with Crippen molar-refractivity contribution in [2.75, 3.05) is 33.4 Å². The van der Waals surface area contributed by atoms with Gasteiger partial charge in [0, 0.05) is 36.0 Å². The van der Waals surface area contributed by atoms with Crippen molar-refractivity contribution in [1.82, 2.24) is 9.88 Å². The molecule has 2 unspecified atom stereocenters. The molecule has 9 nitrogen and oxygen atoms in total. The Labute approximate surface area is 244 Å². The number of para-hydroxylation sites is 1. The van der Waals surface area contributed by atoms with Crippen molar-refractivity contribution in [2.45, 2.75) is 38.1 Å². The number of aromatic nitrogens is 1. The Morgan fingerprint density at radius 2 is 1.81 bits per heavy atom. The lowest BCUT2D eigenvalue weighted by Gasteiger charge is -2.37. The standard InChI is InChI=1S/C33H36N2O7/c1-39-30-6-3-2-5-26(30)22-40-17-4-18-41-27-12-9-24(10-13-27)28-15-16-35(33(37)38)20-31(28)42-21-23-7-8-25-11-14-32(36)34-29(25)19-23/h2-3,5-14,19,28,31H,4,15-18,20-22H2,1H3,(H,34,36)(H,37,38). The molecule has 1 amide bonds. The van der Waals surface area contributed by atoms with Crippen molar-refractivity contribution >= 4 is 17.0 Å². The minimum absolute atomic E-state index is 0.0401. The third kappa shape index (κ3) is 7.48. The van der Waals surface area contributed by atoms with E-state index in [1.54, 1.807) is 13.2 Å². The van der Waals surface area contributed by atoms with Crippen LogP contribution in [0.25, 0.3) is 10.9 Å². The Kier molecular flexibility index (Phi) is 9.74. The lowest BCUT2D eigenvalue weighted by atomic mass is 9.87. The molecule has 1 aromatic heterocycles. The number of nitrogens with one attached hydrogen (secondary N) is 1. The second-order valence-electron chi connectivity index (χ2n) is 10.4. The van der Waals surface area contributed by atoms with Crippen molar-refractivity contribution in [1.29, 1.82) is 0 Å². The molecule has 3 aromatic carbocycles. The molecular weight excluding hydrogens is 536 g/mol. The van der Waals surface area contributed by atoms with Gasteiger partial charge in [0.25, 0.3) is 0 Å². The molecule has 4 aromatic rings. The van der Waals surface area contributed by atoms with Crippen LogP contribution < -0.4 is 15.0 Å². The highest BCUT2D eigenvalue weighted by Gasteiger charge is 2.33. The van der Waals surface area contributed by atoms with E-state index in [4.69, 9.17) is 18.9 Å². The fourth-order valence-corrected chi connectivity index (χ4v) is 5.30. The van der Waals surface area contributed by atoms with Gasteiger partial charge in [0.15, 0.2) is 0 Å². The Morgan fingerprint density at radius 3 is 2.62 bits per heavy atom. The van der Waals surface area contributed by atoms with Crippen LogP contribution in [-0.4, -0.2) is 60.6 Å². The molecule has 1 aliphatic heterocycles. The number of rotatable bonds is 12. The van der Waals surface area contributed by atoms with Gasteiger partial charge in [0.1, 0.15) is 11.5 Å². The number of pyridine rings is 1. The SMILES string of the molecule is COc1ccccc1COCCCOc1ccc(C2CCN(C(=O)O)CC2OCc2ccc3ccc(=O)[nH]c3c2)cc1. The summed E-state index contributed by atoms with van der Waals surface area (Å²) in [5.74, 6) is 1.63. The van der Waals surface area contributed by atoms with E-state index in [1.807, 2.05) is 66.7 Å². The highest BCUT2D eigenvalue weighted by molar-refractivity contribution is 5.78. The smallest absolute Gasteiger partial charge is 0.407 e. The zero-order chi connectivity index (χ0) is 29.3. The highest BCUT2D eigenvalue weighted by atomic mass is 16.5. The average Bonchev–Trinajstić information content (AvgIpc) is 3.01. The van der Waals surface area contributed by atoms with Gasteiger partial charge in [0.05, 0.1) is 46.2 Å². The molecule has 0 spiro atoms. The molecular formula is C33H36N2O7. The summed E-state index contributed by atoms with van der Waals surface area (Å²) in [6, 6.07) is 24.9. The average molecular weight is 573 g/mol. The molecule has 0 aliphatic carbocycles. The monoisotopic (exact) mass is 572 g/mol. The predicted molar refractivity (Wildman–Crippen MR) is 159 cm³/mol. The number of carboxylic acid groups (broad SMARTS) is 1. The number of amides is 1. The number of hydrogen-bond acceptors (Lipinski definition) is 6. The molecule has 5 rings (SSSR count). The number of ether oxygens (including phenoxy) is 4. The Balaban J connectivity index is 1.14. The largest absolute Gasteiger partial charge is 0.496 e. The number of piperidine rings is 1.